The highest BCUT2D eigenvalue weighted by Gasteiger charge is 2.05. The SMILES string of the molecule is NC(=O)NCCNc1nnccc1C(N)=S. The zero-order chi connectivity index (χ0) is 12.0. The van der Waals surface area contributed by atoms with E-state index in [0.717, 1.165) is 0 Å². The van der Waals surface area contributed by atoms with Crippen LogP contribution >= 0.6 is 12.2 Å². The molecule has 0 bridgehead atoms. The lowest BCUT2D eigenvalue weighted by Crippen LogP contribution is -2.33. The van der Waals surface area contributed by atoms with Crippen molar-refractivity contribution in [3.05, 3.63) is 17.8 Å². The lowest BCUT2D eigenvalue weighted by Gasteiger charge is -2.08. The van der Waals surface area contributed by atoms with Gasteiger partial charge in [-0.2, -0.15) is 5.10 Å². The lowest BCUT2D eigenvalue weighted by molar-refractivity contribution is 0.249. The molecule has 6 N–H and O–H groups in total. The molecule has 0 fully saturated rings. The summed E-state index contributed by atoms with van der Waals surface area (Å²) >= 11 is 4.85. The summed E-state index contributed by atoms with van der Waals surface area (Å²) in [4.78, 5) is 10.6. The zero-order valence-corrected chi connectivity index (χ0v) is 9.25. The summed E-state index contributed by atoms with van der Waals surface area (Å²) < 4.78 is 0. The van der Waals surface area contributed by atoms with E-state index in [9.17, 15) is 4.79 Å². The first-order valence-corrected chi connectivity index (χ1v) is 4.90. The van der Waals surface area contributed by atoms with Crippen LogP contribution in [0.25, 0.3) is 0 Å². The fourth-order valence-corrected chi connectivity index (χ4v) is 1.19. The van der Waals surface area contributed by atoms with E-state index in [1.54, 1.807) is 6.07 Å². The van der Waals surface area contributed by atoms with Gasteiger partial charge in [-0.25, -0.2) is 4.79 Å². The number of amides is 2. The van der Waals surface area contributed by atoms with Crippen LogP contribution in [0.3, 0.4) is 0 Å². The third kappa shape index (κ3) is 3.65. The molecule has 0 aromatic carbocycles. The van der Waals surface area contributed by atoms with Gasteiger partial charge in [-0.1, -0.05) is 12.2 Å². The van der Waals surface area contributed by atoms with E-state index in [1.807, 2.05) is 0 Å². The van der Waals surface area contributed by atoms with E-state index < -0.39 is 6.03 Å². The molecule has 0 aliphatic heterocycles. The predicted octanol–water partition coefficient (Wildman–Crippen LogP) is -0.809. The minimum absolute atomic E-state index is 0.236. The van der Waals surface area contributed by atoms with Crippen LogP contribution in [0.15, 0.2) is 12.3 Å². The first-order chi connectivity index (χ1) is 7.61. The second-order valence-corrected chi connectivity index (χ2v) is 3.32. The molecular formula is C8H12N6OS. The molecule has 0 radical (unpaired) electrons. The van der Waals surface area contributed by atoms with E-state index >= 15 is 0 Å². The molecule has 0 atom stereocenters. The quantitative estimate of drug-likeness (QED) is 0.395. The highest BCUT2D eigenvalue weighted by Crippen LogP contribution is 2.08. The second kappa shape index (κ2) is 5.81. The van der Waals surface area contributed by atoms with Crippen molar-refractivity contribution in [2.45, 2.75) is 0 Å². The number of hydrogen-bond donors (Lipinski definition) is 4. The largest absolute Gasteiger partial charge is 0.389 e. The molecule has 16 heavy (non-hydrogen) atoms. The Morgan fingerprint density at radius 3 is 2.81 bits per heavy atom. The molecule has 0 saturated carbocycles. The molecular weight excluding hydrogens is 228 g/mol. The number of nitrogens with one attached hydrogen (secondary N) is 2. The van der Waals surface area contributed by atoms with Crippen molar-refractivity contribution < 1.29 is 4.79 Å². The molecule has 1 aromatic heterocycles. The average molecular weight is 240 g/mol. The third-order valence-electron chi connectivity index (χ3n) is 1.70. The van der Waals surface area contributed by atoms with E-state index in [0.29, 0.717) is 24.5 Å². The number of nitrogens with zero attached hydrogens (tertiary/aromatic N) is 2. The van der Waals surface area contributed by atoms with Gasteiger partial charge in [0.15, 0.2) is 5.82 Å². The monoisotopic (exact) mass is 240 g/mol. The summed E-state index contributed by atoms with van der Waals surface area (Å²) in [6.07, 6.45) is 1.50. The van der Waals surface area contributed by atoms with Gasteiger partial charge in [-0.15, -0.1) is 5.10 Å². The number of aromatic nitrogens is 2. The third-order valence-corrected chi connectivity index (χ3v) is 1.92. The number of primary amides is 1. The number of carbonyl (C=O) groups is 1. The lowest BCUT2D eigenvalue weighted by atomic mass is 10.3. The Morgan fingerprint density at radius 2 is 2.19 bits per heavy atom. The van der Waals surface area contributed by atoms with Crippen LogP contribution in [0.5, 0.6) is 0 Å². The first kappa shape index (κ1) is 12.1. The van der Waals surface area contributed by atoms with Crippen molar-refractivity contribution in [1.82, 2.24) is 15.5 Å². The summed E-state index contributed by atoms with van der Waals surface area (Å²) in [5.41, 5.74) is 11.0. The molecule has 0 aliphatic rings. The van der Waals surface area contributed by atoms with E-state index in [4.69, 9.17) is 23.7 Å². The minimum Gasteiger partial charge on any atom is -0.389 e. The Labute approximate surface area is 97.6 Å². The van der Waals surface area contributed by atoms with E-state index in [-0.39, 0.29) is 4.99 Å². The van der Waals surface area contributed by atoms with Gasteiger partial charge >= 0.3 is 6.03 Å². The van der Waals surface area contributed by atoms with Crippen molar-refractivity contribution in [1.29, 1.82) is 0 Å². The van der Waals surface area contributed by atoms with Gasteiger partial charge in [0.1, 0.15) is 4.99 Å². The zero-order valence-electron chi connectivity index (χ0n) is 8.43. The number of anilines is 1. The molecule has 0 spiro atoms. The maximum absolute atomic E-state index is 10.4. The molecule has 1 aromatic rings. The maximum atomic E-state index is 10.4. The fourth-order valence-electron chi connectivity index (χ4n) is 1.03. The van der Waals surface area contributed by atoms with Crippen LogP contribution in [0.4, 0.5) is 10.6 Å². The van der Waals surface area contributed by atoms with Crippen LogP contribution in [-0.4, -0.2) is 34.3 Å². The molecule has 0 unspecified atom stereocenters. The van der Waals surface area contributed by atoms with Crippen molar-refractivity contribution in [2.75, 3.05) is 18.4 Å². The summed E-state index contributed by atoms with van der Waals surface area (Å²) in [5, 5.41) is 12.9. The van der Waals surface area contributed by atoms with Crippen molar-refractivity contribution in [2.24, 2.45) is 11.5 Å². The van der Waals surface area contributed by atoms with Gasteiger partial charge < -0.3 is 22.1 Å². The number of hydrogen-bond acceptors (Lipinski definition) is 5. The molecule has 2 amide bonds. The van der Waals surface area contributed by atoms with Crippen LogP contribution < -0.4 is 22.1 Å². The molecule has 1 rings (SSSR count). The summed E-state index contributed by atoms with van der Waals surface area (Å²) in [5.74, 6) is 0.487. The van der Waals surface area contributed by atoms with Gasteiger partial charge in [0.2, 0.25) is 0 Å². The Bertz CT molecular complexity index is 396. The van der Waals surface area contributed by atoms with Gasteiger partial charge in [-0.3, -0.25) is 0 Å². The maximum Gasteiger partial charge on any atom is 0.312 e. The molecule has 7 nitrogen and oxygen atoms in total. The molecule has 0 aliphatic carbocycles. The Kier molecular flexibility index (Phi) is 4.40. The van der Waals surface area contributed by atoms with Crippen molar-refractivity contribution >= 4 is 29.1 Å². The number of carbonyl (C=O) groups excluding carboxylic acids is 1. The molecule has 0 saturated heterocycles. The smallest absolute Gasteiger partial charge is 0.312 e. The van der Waals surface area contributed by atoms with Crippen LogP contribution in [0.1, 0.15) is 5.56 Å². The standard InChI is InChI=1S/C8H12N6OS/c9-6(16)5-1-2-13-14-7(5)11-3-4-12-8(10)15/h1-2H,3-4H2,(H2,9,16)(H,11,14)(H3,10,12,15). The van der Waals surface area contributed by atoms with Crippen LogP contribution in [0, 0.1) is 0 Å². The first-order valence-electron chi connectivity index (χ1n) is 4.50. The van der Waals surface area contributed by atoms with Crippen molar-refractivity contribution in [3.8, 4) is 0 Å². The second-order valence-electron chi connectivity index (χ2n) is 2.88. The van der Waals surface area contributed by atoms with Gasteiger partial charge in [0, 0.05) is 13.1 Å². The minimum atomic E-state index is -0.574. The number of thiocarbonyl (C=S) groups is 1. The average Bonchev–Trinajstić information content (AvgIpc) is 2.24. The number of urea groups is 1. The molecule has 86 valence electrons. The number of rotatable bonds is 5. The summed E-state index contributed by atoms with van der Waals surface area (Å²) in [7, 11) is 0. The predicted molar refractivity (Wildman–Crippen MR) is 64.0 cm³/mol. The van der Waals surface area contributed by atoms with Crippen molar-refractivity contribution in [3.63, 3.8) is 0 Å². The molecule has 8 heteroatoms. The number of nitrogens with two attached hydrogens (primary N) is 2. The Balaban J connectivity index is 2.53. The van der Waals surface area contributed by atoms with Crippen LogP contribution in [0.2, 0.25) is 0 Å². The fraction of sp³-hybridized carbons (Fsp3) is 0.250. The summed E-state index contributed by atoms with van der Waals surface area (Å²) in [6.45, 7) is 0.833. The normalized spacial score (nSPS) is 9.50. The van der Waals surface area contributed by atoms with Gasteiger partial charge in [-0.05, 0) is 6.07 Å². The summed E-state index contributed by atoms with van der Waals surface area (Å²) in [6, 6.07) is 1.09. The van der Waals surface area contributed by atoms with E-state index in [1.165, 1.54) is 6.20 Å². The van der Waals surface area contributed by atoms with E-state index in [2.05, 4.69) is 20.8 Å². The highest BCUT2D eigenvalue weighted by molar-refractivity contribution is 7.80. The highest BCUT2D eigenvalue weighted by atomic mass is 32.1. The topological polar surface area (TPSA) is 119 Å². The Hall–Kier alpha value is -1.96. The Morgan fingerprint density at radius 1 is 1.44 bits per heavy atom. The van der Waals surface area contributed by atoms with Gasteiger partial charge in [0.05, 0.1) is 11.8 Å². The molecule has 1 heterocycles. The van der Waals surface area contributed by atoms with Gasteiger partial charge in [0.25, 0.3) is 0 Å². The van der Waals surface area contributed by atoms with Crippen LogP contribution in [-0.2, 0) is 0 Å².